The van der Waals surface area contributed by atoms with Crippen LogP contribution in [0.5, 0.6) is 0 Å². The average Bonchev–Trinajstić information content (AvgIpc) is 2.51. The summed E-state index contributed by atoms with van der Waals surface area (Å²) in [4.78, 5) is 11.2. The van der Waals surface area contributed by atoms with Gasteiger partial charge in [-0.05, 0) is 6.07 Å². The third-order valence-electron chi connectivity index (χ3n) is 3.74. The van der Waals surface area contributed by atoms with E-state index in [9.17, 15) is 23.3 Å². The molecule has 0 amide bonds. The summed E-state index contributed by atoms with van der Waals surface area (Å²) in [6.45, 7) is 4.47. The molecule has 128 valence electrons. The smallest absolute Gasteiger partial charge is 0.384 e. The lowest BCUT2D eigenvalue weighted by molar-refractivity contribution is -0.908. The lowest BCUT2D eigenvalue weighted by Gasteiger charge is -2.23. The Hall–Kier alpha value is -1.87. The molecule has 1 saturated heterocycles. The first-order valence-electron chi connectivity index (χ1n) is 7.39. The van der Waals surface area contributed by atoms with Crippen LogP contribution in [0.3, 0.4) is 0 Å². The van der Waals surface area contributed by atoms with E-state index in [0.29, 0.717) is 32.2 Å². The Morgan fingerprint density at radius 3 is 2.61 bits per heavy atom. The molecule has 1 aromatic carbocycles. The van der Waals surface area contributed by atoms with Crippen molar-refractivity contribution in [3.63, 3.8) is 0 Å². The number of ether oxygens (including phenoxy) is 1. The van der Waals surface area contributed by atoms with E-state index >= 15 is 0 Å². The Morgan fingerprint density at radius 1 is 1.30 bits per heavy atom. The first-order chi connectivity index (χ1) is 10.9. The van der Waals surface area contributed by atoms with Crippen LogP contribution in [0.15, 0.2) is 18.2 Å². The maximum absolute atomic E-state index is 13.0. The molecule has 1 aliphatic rings. The first kappa shape index (κ1) is 17.5. The van der Waals surface area contributed by atoms with Gasteiger partial charge in [0.1, 0.15) is 13.1 Å². The van der Waals surface area contributed by atoms with Gasteiger partial charge in [-0.2, -0.15) is 13.2 Å². The fourth-order valence-corrected chi connectivity index (χ4v) is 2.51. The molecule has 0 spiro atoms. The Labute approximate surface area is 131 Å². The van der Waals surface area contributed by atoms with Gasteiger partial charge in [0.05, 0.1) is 30.2 Å². The quantitative estimate of drug-likeness (QED) is 0.468. The number of nitrogens with zero attached hydrogens (tertiary/aromatic N) is 1. The van der Waals surface area contributed by atoms with Crippen molar-refractivity contribution >= 4 is 11.4 Å². The third-order valence-corrected chi connectivity index (χ3v) is 3.74. The molecule has 0 aliphatic carbocycles. The molecule has 2 rings (SSSR count). The van der Waals surface area contributed by atoms with Crippen molar-refractivity contribution in [3.05, 3.63) is 33.9 Å². The van der Waals surface area contributed by atoms with Crippen molar-refractivity contribution < 1.29 is 27.7 Å². The van der Waals surface area contributed by atoms with Crippen LogP contribution >= 0.6 is 0 Å². The van der Waals surface area contributed by atoms with Crippen LogP contribution in [-0.4, -0.2) is 44.3 Å². The van der Waals surface area contributed by atoms with Crippen molar-refractivity contribution in [1.82, 2.24) is 0 Å². The van der Waals surface area contributed by atoms with Crippen LogP contribution in [0, 0.1) is 10.1 Å². The third kappa shape index (κ3) is 5.07. The van der Waals surface area contributed by atoms with Gasteiger partial charge in [0.15, 0.2) is 0 Å². The molecule has 0 radical (unpaired) electrons. The minimum Gasteiger partial charge on any atom is -0.384 e. The standard InChI is InChI=1S/C14H18F3N3O3/c15-14(16,17)12-10-11(20(21)22)2-3-13(12)18-4-1-5-19-6-8-23-9-7-19/h2-3,10,18H,1,4-9H2/p+1. The molecule has 1 aromatic rings. The molecule has 0 atom stereocenters. The number of alkyl halides is 3. The number of hydrogen-bond donors (Lipinski definition) is 2. The molecule has 0 bridgehead atoms. The summed E-state index contributed by atoms with van der Waals surface area (Å²) < 4.78 is 44.3. The molecule has 1 aliphatic heterocycles. The lowest BCUT2D eigenvalue weighted by atomic mass is 10.1. The van der Waals surface area contributed by atoms with Crippen LogP contribution in [0.4, 0.5) is 24.5 Å². The summed E-state index contributed by atoms with van der Waals surface area (Å²) in [7, 11) is 0. The number of hydrogen-bond acceptors (Lipinski definition) is 4. The highest BCUT2D eigenvalue weighted by Crippen LogP contribution is 2.36. The van der Waals surface area contributed by atoms with Crippen molar-refractivity contribution in [1.29, 1.82) is 0 Å². The predicted molar refractivity (Wildman–Crippen MR) is 77.6 cm³/mol. The molecule has 0 aromatic heterocycles. The number of non-ortho nitro benzene ring substituents is 1. The van der Waals surface area contributed by atoms with Crippen LogP contribution in [0.25, 0.3) is 0 Å². The van der Waals surface area contributed by atoms with Gasteiger partial charge in [-0.25, -0.2) is 0 Å². The number of nitro benzene ring substituents is 1. The summed E-state index contributed by atoms with van der Waals surface area (Å²) in [6.07, 6.45) is -3.92. The first-order valence-corrected chi connectivity index (χ1v) is 7.39. The Morgan fingerprint density at radius 2 is 2.00 bits per heavy atom. The van der Waals surface area contributed by atoms with Crippen molar-refractivity contribution in [2.24, 2.45) is 0 Å². The van der Waals surface area contributed by atoms with E-state index in [0.717, 1.165) is 31.8 Å². The zero-order valence-electron chi connectivity index (χ0n) is 12.5. The van der Waals surface area contributed by atoms with Crippen LogP contribution < -0.4 is 10.2 Å². The number of rotatable bonds is 6. The number of morpholine rings is 1. The number of nitrogens with one attached hydrogen (secondary N) is 2. The minimum atomic E-state index is -4.64. The van der Waals surface area contributed by atoms with Gasteiger partial charge in [0.2, 0.25) is 0 Å². The number of anilines is 1. The summed E-state index contributed by atoms with van der Waals surface area (Å²) >= 11 is 0. The van der Waals surface area contributed by atoms with Gasteiger partial charge < -0.3 is 15.0 Å². The van der Waals surface area contributed by atoms with Crippen LogP contribution in [0.2, 0.25) is 0 Å². The molecule has 0 unspecified atom stereocenters. The second-order valence-electron chi connectivity index (χ2n) is 5.38. The number of nitro groups is 1. The molecule has 0 saturated carbocycles. The molecule has 6 nitrogen and oxygen atoms in total. The lowest BCUT2D eigenvalue weighted by Crippen LogP contribution is -3.14. The normalized spacial score (nSPS) is 16.3. The molecule has 1 fully saturated rings. The summed E-state index contributed by atoms with van der Waals surface area (Å²) in [6, 6.07) is 2.75. The van der Waals surface area contributed by atoms with Crippen LogP contribution in [0.1, 0.15) is 12.0 Å². The van der Waals surface area contributed by atoms with E-state index in [1.54, 1.807) is 0 Å². The van der Waals surface area contributed by atoms with Gasteiger partial charge in [-0.1, -0.05) is 0 Å². The minimum absolute atomic E-state index is 0.125. The van der Waals surface area contributed by atoms with Gasteiger partial charge in [-0.15, -0.1) is 0 Å². The highest BCUT2D eigenvalue weighted by atomic mass is 19.4. The van der Waals surface area contributed by atoms with E-state index in [1.807, 2.05) is 0 Å². The fourth-order valence-electron chi connectivity index (χ4n) is 2.51. The zero-order chi connectivity index (χ0) is 16.9. The van der Waals surface area contributed by atoms with Gasteiger partial charge in [0, 0.05) is 30.8 Å². The van der Waals surface area contributed by atoms with Crippen molar-refractivity contribution in [3.8, 4) is 0 Å². The topological polar surface area (TPSA) is 68.8 Å². The Balaban J connectivity index is 1.94. The Kier molecular flexibility index (Phi) is 5.78. The van der Waals surface area contributed by atoms with E-state index in [2.05, 4.69) is 5.32 Å². The fraction of sp³-hybridized carbons (Fsp3) is 0.571. The molecule has 1 heterocycles. The van der Waals surface area contributed by atoms with E-state index < -0.39 is 22.4 Å². The zero-order valence-corrected chi connectivity index (χ0v) is 12.5. The largest absolute Gasteiger partial charge is 0.418 e. The number of benzene rings is 1. The van der Waals surface area contributed by atoms with Crippen LogP contribution in [-0.2, 0) is 10.9 Å². The highest BCUT2D eigenvalue weighted by molar-refractivity contribution is 5.57. The van der Waals surface area contributed by atoms with Gasteiger partial charge in [0.25, 0.3) is 5.69 Å². The average molecular weight is 334 g/mol. The van der Waals surface area contributed by atoms with Gasteiger partial charge >= 0.3 is 6.18 Å². The SMILES string of the molecule is O=[N+]([O-])c1ccc(NCCC[NH+]2CCOCC2)c(C(F)(F)F)c1. The predicted octanol–water partition coefficient (Wildman–Crippen LogP) is 1.33. The van der Waals surface area contributed by atoms with E-state index in [4.69, 9.17) is 4.74 Å². The summed E-state index contributed by atoms with van der Waals surface area (Å²) in [5.74, 6) is 0. The number of halogens is 3. The number of quaternary nitrogens is 1. The second kappa shape index (κ2) is 7.60. The Bertz CT molecular complexity index is 546. The molecule has 2 N–H and O–H groups in total. The molecule has 9 heteroatoms. The summed E-state index contributed by atoms with van der Waals surface area (Å²) in [5, 5.41) is 13.4. The van der Waals surface area contributed by atoms with Crippen molar-refractivity contribution in [2.45, 2.75) is 12.6 Å². The van der Waals surface area contributed by atoms with E-state index in [1.165, 1.54) is 4.90 Å². The second-order valence-corrected chi connectivity index (χ2v) is 5.38. The summed E-state index contributed by atoms with van der Waals surface area (Å²) in [5.41, 5.74) is -1.70. The molecular formula is C14H19F3N3O3+. The van der Waals surface area contributed by atoms with E-state index in [-0.39, 0.29) is 5.69 Å². The maximum Gasteiger partial charge on any atom is 0.418 e. The highest BCUT2D eigenvalue weighted by Gasteiger charge is 2.35. The van der Waals surface area contributed by atoms with Gasteiger partial charge in [-0.3, -0.25) is 10.1 Å². The molecule has 23 heavy (non-hydrogen) atoms. The maximum atomic E-state index is 13.0. The monoisotopic (exact) mass is 334 g/mol. The molecular weight excluding hydrogens is 315 g/mol. The van der Waals surface area contributed by atoms with Crippen molar-refractivity contribution in [2.75, 3.05) is 44.7 Å².